The van der Waals surface area contributed by atoms with E-state index in [9.17, 15) is 0 Å². The Morgan fingerprint density at radius 2 is 2.11 bits per heavy atom. The lowest BCUT2D eigenvalue weighted by Crippen LogP contribution is -2.27. The molecular weight excluding hydrogens is 238 g/mol. The van der Waals surface area contributed by atoms with Crippen LogP contribution >= 0.6 is 0 Å². The number of hydrogen-bond acceptors (Lipinski definition) is 3. The molecule has 3 heteroatoms. The van der Waals surface area contributed by atoms with E-state index in [2.05, 4.69) is 23.5 Å². The van der Waals surface area contributed by atoms with Gasteiger partial charge >= 0.3 is 0 Å². The zero-order valence-corrected chi connectivity index (χ0v) is 11.0. The van der Waals surface area contributed by atoms with E-state index >= 15 is 0 Å². The first kappa shape index (κ1) is 12.3. The molecule has 100 valence electrons. The zero-order valence-electron chi connectivity index (χ0n) is 11.0. The molecule has 2 heterocycles. The third-order valence-corrected chi connectivity index (χ3v) is 3.60. The van der Waals surface area contributed by atoms with Gasteiger partial charge in [0, 0.05) is 25.4 Å². The van der Waals surface area contributed by atoms with Crippen molar-refractivity contribution in [3.8, 4) is 5.75 Å². The van der Waals surface area contributed by atoms with E-state index in [1.54, 1.807) is 6.26 Å². The summed E-state index contributed by atoms with van der Waals surface area (Å²) in [4.78, 5) is 0. The molecule has 0 spiro atoms. The summed E-state index contributed by atoms with van der Waals surface area (Å²) in [5.41, 5.74) is 1.33. The summed E-state index contributed by atoms with van der Waals surface area (Å²) < 4.78 is 11.0. The molecule has 0 aliphatic carbocycles. The summed E-state index contributed by atoms with van der Waals surface area (Å²) in [6.45, 7) is 2.77. The quantitative estimate of drug-likeness (QED) is 0.836. The van der Waals surface area contributed by atoms with Crippen LogP contribution in [0.25, 0.3) is 0 Å². The summed E-state index contributed by atoms with van der Waals surface area (Å²) in [5.74, 6) is 2.65. The van der Waals surface area contributed by atoms with Crippen LogP contribution in [-0.4, -0.2) is 19.7 Å². The van der Waals surface area contributed by atoms with Crippen molar-refractivity contribution in [2.24, 2.45) is 0 Å². The smallest absolute Gasteiger partial charge is 0.122 e. The molecule has 0 fully saturated rings. The maximum absolute atomic E-state index is 5.68. The largest absolute Gasteiger partial charge is 0.493 e. The molecule has 1 aliphatic heterocycles. The highest BCUT2D eigenvalue weighted by molar-refractivity contribution is 5.37. The lowest BCUT2D eigenvalue weighted by atomic mass is 9.93. The van der Waals surface area contributed by atoms with Crippen molar-refractivity contribution >= 4 is 0 Å². The SMILES string of the molecule is c1coc(CCNCC2CCOc3ccccc32)c1. The first-order valence-corrected chi connectivity index (χ1v) is 6.88. The highest BCUT2D eigenvalue weighted by atomic mass is 16.5. The molecule has 0 amide bonds. The van der Waals surface area contributed by atoms with Gasteiger partial charge in [-0.25, -0.2) is 0 Å². The van der Waals surface area contributed by atoms with E-state index in [4.69, 9.17) is 9.15 Å². The van der Waals surface area contributed by atoms with E-state index < -0.39 is 0 Å². The number of furan rings is 1. The van der Waals surface area contributed by atoms with Crippen molar-refractivity contribution in [2.45, 2.75) is 18.8 Å². The fourth-order valence-electron chi connectivity index (χ4n) is 2.57. The highest BCUT2D eigenvalue weighted by Crippen LogP contribution is 2.32. The molecule has 3 nitrogen and oxygen atoms in total. The van der Waals surface area contributed by atoms with Gasteiger partial charge in [0.1, 0.15) is 11.5 Å². The fraction of sp³-hybridized carbons (Fsp3) is 0.375. The molecule has 1 atom stereocenters. The van der Waals surface area contributed by atoms with Crippen LogP contribution in [0.5, 0.6) is 5.75 Å². The first-order chi connectivity index (χ1) is 9.43. The van der Waals surface area contributed by atoms with Gasteiger partial charge in [-0.05, 0) is 30.2 Å². The maximum atomic E-state index is 5.68. The Morgan fingerprint density at radius 3 is 3.00 bits per heavy atom. The third kappa shape index (κ3) is 2.99. The van der Waals surface area contributed by atoms with Gasteiger partial charge in [0.05, 0.1) is 12.9 Å². The second-order valence-electron chi connectivity index (χ2n) is 4.91. The Balaban J connectivity index is 1.51. The van der Waals surface area contributed by atoms with E-state index in [-0.39, 0.29) is 0 Å². The van der Waals surface area contributed by atoms with E-state index in [1.807, 2.05) is 18.2 Å². The van der Waals surface area contributed by atoms with Crippen molar-refractivity contribution in [1.82, 2.24) is 5.32 Å². The topological polar surface area (TPSA) is 34.4 Å². The number of para-hydroxylation sites is 1. The van der Waals surface area contributed by atoms with Gasteiger partial charge in [-0.2, -0.15) is 0 Å². The minimum Gasteiger partial charge on any atom is -0.493 e. The van der Waals surface area contributed by atoms with Crippen LogP contribution in [0.2, 0.25) is 0 Å². The van der Waals surface area contributed by atoms with Crippen LogP contribution in [-0.2, 0) is 6.42 Å². The van der Waals surface area contributed by atoms with E-state index in [1.165, 1.54) is 5.56 Å². The lowest BCUT2D eigenvalue weighted by molar-refractivity contribution is 0.264. The molecule has 1 unspecified atom stereocenters. The Kier molecular flexibility index (Phi) is 3.84. The molecule has 0 saturated carbocycles. The Morgan fingerprint density at radius 1 is 1.16 bits per heavy atom. The average Bonchev–Trinajstić information content (AvgIpc) is 2.97. The standard InChI is InChI=1S/C16H19NO2/c1-2-6-16-15(5-1)13(8-11-19-16)12-17-9-7-14-4-3-10-18-14/h1-6,10,13,17H,7-9,11-12H2. The van der Waals surface area contributed by atoms with Crippen molar-refractivity contribution in [3.05, 3.63) is 54.0 Å². The summed E-state index contributed by atoms with van der Waals surface area (Å²) in [6.07, 6.45) is 3.76. The van der Waals surface area contributed by atoms with E-state index in [0.717, 1.165) is 44.0 Å². The monoisotopic (exact) mass is 257 g/mol. The average molecular weight is 257 g/mol. The predicted molar refractivity (Wildman–Crippen MR) is 74.6 cm³/mol. The van der Waals surface area contributed by atoms with Crippen LogP contribution in [0.3, 0.4) is 0 Å². The maximum Gasteiger partial charge on any atom is 0.122 e. The minimum absolute atomic E-state index is 0.557. The molecule has 1 N–H and O–H groups in total. The van der Waals surface area contributed by atoms with Gasteiger partial charge in [-0.1, -0.05) is 18.2 Å². The van der Waals surface area contributed by atoms with Crippen molar-refractivity contribution in [3.63, 3.8) is 0 Å². The lowest BCUT2D eigenvalue weighted by Gasteiger charge is -2.26. The number of ether oxygens (including phenoxy) is 1. The Hall–Kier alpha value is -1.74. The third-order valence-electron chi connectivity index (χ3n) is 3.60. The van der Waals surface area contributed by atoms with Crippen LogP contribution < -0.4 is 10.1 Å². The van der Waals surface area contributed by atoms with Crippen molar-refractivity contribution in [2.75, 3.05) is 19.7 Å². The Labute approximate surface area is 113 Å². The summed E-state index contributed by atoms with van der Waals surface area (Å²) in [6, 6.07) is 12.3. The van der Waals surface area contributed by atoms with Gasteiger partial charge in [0.15, 0.2) is 0 Å². The zero-order chi connectivity index (χ0) is 12.9. The number of benzene rings is 1. The van der Waals surface area contributed by atoms with Crippen LogP contribution in [0, 0.1) is 0 Å². The van der Waals surface area contributed by atoms with Crippen LogP contribution in [0.1, 0.15) is 23.7 Å². The summed E-state index contributed by atoms with van der Waals surface area (Å²) in [5, 5.41) is 3.52. The predicted octanol–water partition coefficient (Wildman–Crippen LogP) is 2.98. The first-order valence-electron chi connectivity index (χ1n) is 6.88. The van der Waals surface area contributed by atoms with Gasteiger partial charge in [0.2, 0.25) is 0 Å². The molecule has 1 aromatic heterocycles. The molecule has 19 heavy (non-hydrogen) atoms. The molecule has 1 aliphatic rings. The number of fused-ring (bicyclic) bond motifs is 1. The van der Waals surface area contributed by atoms with Crippen LogP contribution in [0.15, 0.2) is 47.1 Å². The molecule has 2 aromatic rings. The minimum atomic E-state index is 0.557. The molecule has 3 rings (SSSR count). The second kappa shape index (κ2) is 5.93. The molecule has 0 bridgehead atoms. The van der Waals surface area contributed by atoms with Crippen molar-refractivity contribution < 1.29 is 9.15 Å². The molecule has 1 aromatic carbocycles. The fourth-order valence-corrected chi connectivity index (χ4v) is 2.57. The summed E-state index contributed by atoms with van der Waals surface area (Å²) in [7, 11) is 0. The molecule has 0 radical (unpaired) electrons. The van der Waals surface area contributed by atoms with Gasteiger partial charge in [0.25, 0.3) is 0 Å². The summed E-state index contributed by atoms with van der Waals surface area (Å²) >= 11 is 0. The van der Waals surface area contributed by atoms with Gasteiger partial charge in [-0.15, -0.1) is 0 Å². The number of rotatable bonds is 5. The normalized spacial score (nSPS) is 17.8. The Bertz CT molecular complexity index is 507. The van der Waals surface area contributed by atoms with Crippen molar-refractivity contribution in [1.29, 1.82) is 0 Å². The number of hydrogen-bond donors (Lipinski definition) is 1. The highest BCUT2D eigenvalue weighted by Gasteiger charge is 2.20. The van der Waals surface area contributed by atoms with E-state index in [0.29, 0.717) is 5.92 Å². The second-order valence-corrected chi connectivity index (χ2v) is 4.91. The van der Waals surface area contributed by atoms with Gasteiger partial charge in [-0.3, -0.25) is 0 Å². The molecular formula is C16H19NO2. The van der Waals surface area contributed by atoms with Gasteiger partial charge < -0.3 is 14.5 Å². The van der Waals surface area contributed by atoms with Crippen LogP contribution in [0.4, 0.5) is 0 Å². The number of nitrogens with one attached hydrogen (secondary N) is 1. The molecule has 0 saturated heterocycles.